The predicted octanol–water partition coefficient (Wildman–Crippen LogP) is 4.94. The average Bonchev–Trinajstić information content (AvgIpc) is 2.45. The van der Waals surface area contributed by atoms with Gasteiger partial charge in [0.1, 0.15) is 0 Å². The number of carboxylic acid groups (broad SMARTS) is 1. The fourth-order valence-corrected chi connectivity index (χ4v) is 2.69. The van der Waals surface area contributed by atoms with Gasteiger partial charge in [-0.3, -0.25) is 4.79 Å². The maximum atomic E-state index is 10.9. The number of benzene rings is 1. The first-order valence-electron chi connectivity index (χ1n) is 8.15. The number of para-hydroxylation sites is 1. The van der Waals surface area contributed by atoms with Crippen molar-refractivity contribution >= 4 is 11.7 Å². The van der Waals surface area contributed by atoms with E-state index in [1.165, 1.54) is 0 Å². The Bertz CT molecular complexity index is 391. The molecule has 0 amide bonds. The fourth-order valence-electron chi connectivity index (χ4n) is 2.69. The summed E-state index contributed by atoms with van der Waals surface area (Å²) in [4.78, 5) is 10.9. The molecule has 0 radical (unpaired) electrons. The highest BCUT2D eigenvalue weighted by atomic mass is 16.4. The Balaban J connectivity index is 2.26. The van der Waals surface area contributed by atoms with Crippen LogP contribution in [0.4, 0.5) is 5.69 Å². The van der Waals surface area contributed by atoms with Crippen LogP contribution < -0.4 is 5.32 Å². The summed E-state index contributed by atoms with van der Waals surface area (Å²) in [6, 6.07) is 10.6. The van der Waals surface area contributed by atoms with Gasteiger partial charge < -0.3 is 10.4 Å². The Kier molecular flexibility index (Phi) is 8.56. The number of unbranched alkanes of at least 4 members (excludes halogenated alkanes) is 1. The minimum Gasteiger partial charge on any atom is -0.481 e. The van der Waals surface area contributed by atoms with Crippen molar-refractivity contribution in [1.82, 2.24) is 0 Å². The van der Waals surface area contributed by atoms with Crippen LogP contribution in [0.1, 0.15) is 58.8 Å². The second kappa shape index (κ2) is 10.3. The summed E-state index contributed by atoms with van der Waals surface area (Å²) >= 11 is 0. The molecule has 0 spiro atoms. The third kappa shape index (κ3) is 8.38. The fraction of sp³-hybridized carbons (Fsp3) is 0.611. The van der Waals surface area contributed by atoms with Crippen LogP contribution in [0.3, 0.4) is 0 Å². The predicted molar refractivity (Wildman–Crippen MR) is 88.6 cm³/mol. The molecule has 0 bridgehead atoms. The van der Waals surface area contributed by atoms with E-state index in [1.807, 2.05) is 18.2 Å². The van der Waals surface area contributed by atoms with Crippen LogP contribution >= 0.6 is 0 Å². The molecule has 0 heterocycles. The SMILES string of the molecule is CCCCC(CCCC(C)Nc1ccccc1)CC(=O)O. The number of carboxylic acids is 1. The Morgan fingerprint density at radius 3 is 2.43 bits per heavy atom. The lowest BCUT2D eigenvalue weighted by molar-refractivity contribution is -0.138. The molecule has 1 aromatic rings. The third-order valence-corrected chi connectivity index (χ3v) is 3.87. The molecule has 2 atom stereocenters. The van der Waals surface area contributed by atoms with Gasteiger partial charge in [0, 0.05) is 18.2 Å². The molecular weight excluding hydrogens is 262 g/mol. The lowest BCUT2D eigenvalue weighted by Crippen LogP contribution is -2.16. The molecule has 1 aromatic carbocycles. The number of hydrogen-bond acceptors (Lipinski definition) is 2. The number of nitrogens with one attached hydrogen (secondary N) is 1. The number of rotatable bonds is 11. The van der Waals surface area contributed by atoms with Gasteiger partial charge in [0.25, 0.3) is 0 Å². The van der Waals surface area contributed by atoms with Crippen molar-refractivity contribution in [1.29, 1.82) is 0 Å². The van der Waals surface area contributed by atoms with Crippen molar-refractivity contribution in [3.8, 4) is 0 Å². The van der Waals surface area contributed by atoms with Gasteiger partial charge in [-0.2, -0.15) is 0 Å². The van der Waals surface area contributed by atoms with Crippen LogP contribution in [0.2, 0.25) is 0 Å². The molecule has 21 heavy (non-hydrogen) atoms. The van der Waals surface area contributed by atoms with Crippen molar-refractivity contribution in [2.24, 2.45) is 5.92 Å². The van der Waals surface area contributed by atoms with Crippen LogP contribution in [0.15, 0.2) is 30.3 Å². The molecule has 0 aliphatic rings. The number of aliphatic carboxylic acids is 1. The van der Waals surface area contributed by atoms with Crippen LogP contribution in [0.5, 0.6) is 0 Å². The van der Waals surface area contributed by atoms with Gasteiger partial charge in [-0.25, -0.2) is 0 Å². The van der Waals surface area contributed by atoms with E-state index in [2.05, 4.69) is 31.3 Å². The second-order valence-electron chi connectivity index (χ2n) is 5.95. The molecule has 0 aliphatic heterocycles. The highest BCUT2D eigenvalue weighted by Gasteiger charge is 2.13. The van der Waals surface area contributed by atoms with Crippen molar-refractivity contribution in [3.63, 3.8) is 0 Å². The first-order valence-corrected chi connectivity index (χ1v) is 8.15. The summed E-state index contributed by atoms with van der Waals surface area (Å²) in [6.45, 7) is 4.34. The zero-order valence-electron chi connectivity index (χ0n) is 13.3. The summed E-state index contributed by atoms with van der Waals surface area (Å²) in [5, 5.41) is 12.5. The summed E-state index contributed by atoms with van der Waals surface area (Å²) in [6.07, 6.45) is 6.83. The van der Waals surface area contributed by atoms with Crippen LogP contribution in [0.25, 0.3) is 0 Å². The Labute approximate surface area is 128 Å². The quantitative estimate of drug-likeness (QED) is 0.607. The van der Waals surface area contributed by atoms with Crippen molar-refractivity contribution in [2.45, 2.75) is 64.8 Å². The Hall–Kier alpha value is -1.51. The van der Waals surface area contributed by atoms with E-state index in [0.717, 1.165) is 44.2 Å². The molecular formula is C18H29NO2. The van der Waals surface area contributed by atoms with Crippen molar-refractivity contribution in [2.75, 3.05) is 5.32 Å². The maximum Gasteiger partial charge on any atom is 0.303 e. The highest BCUT2D eigenvalue weighted by molar-refractivity contribution is 5.66. The molecule has 3 nitrogen and oxygen atoms in total. The number of carbonyl (C=O) groups is 1. The summed E-state index contributed by atoms with van der Waals surface area (Å²) in [5.41, 5.74) is 1.15. The van der Waals surface area contributed by atoms with E-state index in [9.17, 15) is 4.79 Å². The summed E-state index contributed by atoms with van der Waals surface area (Å²) in [5.74, 6) is -0.321. The van der Waals surface area contributed by atoms with Crippen LogP contribution in [-0.2, 0) is 4.79 Å². The topological polar surface area (TPSA) is 49.3 Å². The minimum atomic E-state index is -0.661. The molecule has 0 fully saturated rings. The molecule has 2 unspecified atom stereocenters. The molecule has 2 N–H and O–H groups in total. The first kappa shape index (κ1) is 17.5. The third-order valence-electron chi connectivity index (χ3n) is 3.87. The van der Waals surface area contributed by atoms with E-state index in [4.69, 9.17) is 5.11 Å². The molecule has 0 saturated carbocycles. The van der Waals surface area contributed by atoms with Crippen LogP contribution in [0, 0.1) is 5.92 Å². The lowest BCUT2D eigenvalue weighted by Gasteiger charge is -2.18. The second-order valence-corrected chi connectivity index (χ2v) is 5.95. The standard InChI is InChI=1S/C18H29NO2/c1-3-4-10-16(14-18(20)21)11-8-9-15(2)19-17-12-6-5-7-13-17/h5-7,12-13,15-16,19H,3-4,8-11,14H2,1-2H3,(H,20,21). The monoisotopic (exact) mass is 291 g/mol. The van der Waals surface area contributed by atoms with Crippen LogP contribution in [-0.4, -0.2) is 17.1 Å². The van der Waals surface area contributed by atoms with Gasteiger partial charge in [0.05, 0.1) is 0 Å². The summed E-state index contributed by atoms with van der Waals surface area (Å²) < 4.78 is 0. The highest BCUT2D eigenvalue weighted by Crippen LogP contribution is 2.21. The van der Waals surface area contributed by atoms with Gasteiger partial charge in [-0.05, 0) is 44.2 Å². The van der Waals surface area contributed by atoms with Gasteiger partial charge in [0.15, 0.2) is 0 Å². The molecule has 118 valence electrons. The number of anilines is 1. The van der Waals surface area contributed by atoms with Gasteiger partial charge in [0.2, 0.25) is 0 Å². The van der Waals surface area contributed by atoms with Crippen molar-refractivity contribution in [3.05, 3.63) is 30.3 Å². The smallest absolute Gasteiger partial charge is 0.303 e. The molecule has 0 aliphatic carbocycles. The van der Waals surface area contributed by atoms with Gasteiger partial charge in [-0.15, -0.1) is 0 Å². The van der Waals surface area contributed by atoms with E-state index < -0.39 is 5.97 Å². The number of hydrogen-bond donors (Lipinski definition) is 2. The van der Waals surface area contributed by atoms with Gasteiger partial charge in [-0.1, -0.05) is 44.4 Å². The molecule has 0 saturated heterocycles. The van der Waals surface area contributed by atoms with E-state index in [-0.39, 0.29) is 0 Å². The first-order chi connectivity index (χ1) is 10.1. The minimum absolute atomic E-state index is 0.320. The summed E-state index contributed by atoms with van der Waals surface area (Å²) in [7, 11) is 0. The van der Waals surface area contributed by atoms with E-state index >= 15 is 0 Å². The van der Waals surface area contributed by atoms with Gasteiger partial charge >= 0.3 is 5.97 Å². The lowest BCUT2D eigenvalue weighted by atomic mass is 9.92. The zero-order chi connectivity index (χ0) is 15.5. The van der Waals surface area contributed by atoms with E-state index in [0.29, 0.717) is 18.4 Å². The zero-order valence-corrected chi connectivity index (χ0v) is 13.3. The molecule has 1 rings (SSSR count). The molecule has 0 aromatic heterocycles. The normalized spacial score (nSPS) is 13.6. The molecule has 3 heteroatoms. The Morgan fingerprint density at radius 1 is 1.14 bits per heavy atom. The average molecular weight is 291 g/mol. The van der Waals surface area contributed by atoms with Crippen molar-refractivity contribution < 1.29 is 9.90 Å². The maximum absolute atomic E-state index is 10.9. The van der Waals surface area contributed by atoms with E-state index in [1.54, 1.807) is 0 Å². The Morgan fingerprint density at radius 2 is 1.81 bits per heavy atom. The largest absolute Gasteiger partial charge is 0.481 e.